The molecule has 3 aromatic heterocycles. The third-order valence-corrected chi connectivity index (χ3v) is 6.02. The van der Waals surface area contributed by atoms with Crippen LogP contribution in [0.4, 0.5) is 26.3 Å². The Balaban J connectivity index is 1.94. The topological polar surface area (TPSA) is 64.3 Å². The SMILES string of the molecule is CS(=O)(=O)c1ccc(-c2cnc3c(C(F)(F)F)cc(-c4cncc(C(F)(F)F)c4)cn23)cc1. The summed E-state index contributed by atoms with van der Waals surface area (Å²) in [6.45, 7) is 0. The third-order valence-electron chi connectivity index (χ3n) is 4.89. The highest BCUT2D eigenvalue weighted by Crippen LogP contribution is 2.38. The van der Waals surface area contributed by atoms with E-state index < -0.39 is 39.0 Å². The molecule has 4 rings (SSSR count). The normalized spacial score (nSPS) is 12.9. The maximum Gasteiger partial charge on any atom is 0.420 e. The Morgan fingerprint density at radius 3 is 2.06 bits per heavy atom. The van der Waals surface area contributed by atoms with E-state index in [1.165, 1.54) is 36.7 Å². The molecular formula is C21H13F6N3O2S. The van der Waals surface area contributed by atoms with Crippen molar-refractivity contribution in [1.29, 1.82) is 0 Å². The predicted octanol–water partition coefficient (Wildman–Crippen LogP) is 5.50. The second kappa shape index (κ2) is 7.58. The van der Waals surface area contributed by atoms with Crippen LogP contribution in [0.1, 0.15) is 11.1 Å². The number of nitrogens with zero attached hydrogens (tertiary/aromatic N) is 3. The number of halogens is 6. The van der Waals surface area contributed by atoms with Crippen LogP contribution >= 0.6 is 0 Å². The van der Waals surface area contributed by atoms with Crippen LogP contribution in [0.15, 0.2) is 66.1 Å². The van der Waals surface area contributed by atoms with E-state index in [-0.39, 0.29) is 21.7 Å². The van der Waals surface area contributed by atoms with Crippen LogP contribution < -0.4 is 0 Å². The zero-order valence-electron chi connectivity index (χ0n) is 16.6. The van der Waals surface area contributed by atoms with Gasteiger partial charge in [0, 0.05) is 41.5 Å². The van der Waals surface area contributed by atoms with Gasteiger partial charge in [0.1, 0.15) is 5.65 Å². The molecule has 1 aromatic carbocycles. The second-order valence-corrected chi connectivity index (χ2v) is 9.25. The number of rotatable bonds is 3. The Hall–Kier alpha value is -3.41. The Morgan fingerprint density at radius 2 is 1.48 bits per heavy atom. The largest absolute Gasteiger partial charge is 0.420 e. The number of hydrogen-bond acceptors (Lipinski definition) is 4. The van der Waals surface area contributed by atoms with E-state index >= 15 is 0 Å². The van der Waals surface area contributed by atoms with Gasteiger partial charge in [0.2, 0.25) is 0 Å². The summed E-state index contributed by atoms with van der Waals surface area (Å²) in [6, 6.07) is 6.85. The molecule has 0 saturated carbocycles. The molecule has 0 spiro atoms. The van der Waals surface area contributed by atoms with Crippen molar-refractivity contribution in [3.05, 3.63) is 72.3 Å². The summed E-state index contributed by atoms with van der Waals surface area (Å²) in [5.41, 5.74) is -2.45. The highest BCUT2D eigenvalue weighted by atomic mass is 32.2. The molecule has 172 valence electrons. The highest BCUT2D eigenvalue weighted by molar-refractivity contribution is 7.90. The number of benzene rings is 1. The molecule has 0 fully saturated rings. The highest BCUT2D eigenvalue weighted by Gasteiger charge is 2.35. The Labute approximate surface area is 183 Å². The third kappa shape index (κ3) is 4.42. The summed E-state index contributed by atoms with van der Waals surface area (Å²) in [7, 11) is -3.49. The lowest BCUT2D eigenvalue weighted by molar-refractivity contribution is -0.138. The maximum absolute atomic E-state index is 13.8. The number of imidazole rings is 1. The van der Waals surface area contributed by atoms with Crippen molar-refractivity contribution in [1.82, 2.24) is 14.4 Å². The van der Waals surface area contributed by atoms with Gasteiger partial charge in [-0.05, 0) is 24.3 Å². The summed E-state index contributed by atoms with van der Waals surface area (Å²) in [4.78, 5) is 7.39. The fraction of sp³-hybridized carbons (Fsp3) is 0.143. The molecule has 0 radical (unpaired) electrons. The average molecular weight is 485 g/mol. The Morgan fingerprint density at radius 1 is 0.818 bits per heavy atom. The van der Waals surface area contributed by atoms with E-state index in [9.17, 15) is 34.8 Å². The fourth-order valence-electron chi connectivity index (χ4n) is 3.29. The first-order valence-corrected chi connectivity index (χ1v) is 11.1. The summed E-state index contributed by atoms with van der Waals surface area (Å²) in [5.74, 6) is 0. The molecule has 0 aliphatic heterocycles. The maximum atomic E-state index is 13.8. The predicted molar refractivity (Wildman–Crippen MR) is 107 cm³/mol. The van der Waals surface area contributed by atoms with Gasteiger partial charge < -0.3 is 0 Å². The fourth-order valence-corrected chi connectivity index (χ4v) is 3.92. The summed E-state index contributed by atoms with van der Waals surface area (Å²) >= 11 is 0. The first kappa shape index (κ1) is 22.8. The Kier molecular flexibility index (Phi) is 5.23. The number of alkyl halides is 6. The van der Waals surface area contributed by atoms with Gasteiger partial charge in [-0.15, -0.1) is 0 Å². The lowest BCUT2D eigenvalue weighted by atomic mass is 10.0. The van der Waals surface area contributed by atoms with Crippen molar-refractivity contribution in [2.75, 3.05) is 6.26 Å². The lowest BCUT2D eigenvalue weighted by Crippen LogP contribution is -2.09. The second-order valence-electron chi connectivity index (χ2n) is 7.23. The van der Waals surface area contributed by atoms with Gasteiger partial charge in [0.05, 0.1) is 27.9 Å². The van der Waals surface area contributed by atoms with E-state index in [2.05, 4.69) is 9.97 Å². The molecule has 5 nitrogen and oxygen atoms in total. The Bertz CT molecular complexity index is 1460. The average Bonchev–Trinajstić information content (AvgIpc) is 3.15. The summed E-state index contributed by atoms with van der Waals surface area (Å²) < 4.78 is 105. The standard InChI is InChI=1S/C21H13F6N3O2S/c1-33(31,32)16-4-2-12(3-5-16)18-10-29-19-17(21(25,26)27)7-14(11-30(18)19)13-6-15(9-28-8-13)20(22,23)24/h2-11H,1H3. The van der Waals surface area contributed by atoms with Crippen LogP contribution in [0.5, 0.6) is 0 Å². The van der Waals surface area contributed by atoms with Gasteiger partial charge in [0.15, 0.2) is 9.84 Å². The molecule has 0 aliphatic carbocycles. The van der Waals surface area contributed by atoms with Crippen LogP contribution in [-0.4, -0.2) is 29.0 Å². The van der Waals surface area contributed by atoms with Gasteiger partial charge in [0.25, 0.3) is 0 Å². The minimum absolute atomic E-state index is 0.0202. The minimum atomic E-state index is -4.84. The first-order valence-electron chi connectivity index (χ1n) is 9.16. The van der Waals surface area contributed by atoms with Crippen molar-refractivity contribution in [2.24, 2.45) is 0 Å². The quantitative estimate of drug-likeness (QED) is 0.360. The van der Waals surface area contributed by atoms with E-state index in [1.807, 2.05) is 0 Å². The van der Waals surface area contributed by atoms with Crippen LogP contribution in [0.25, 0.3) is 28.0 Å². The van der Waals surface area contributed by atoms with Crippen molar-refractivity contribution in [2.45, 2.75) is 17.2 Å². The molecule has 0 atom stereocenters. The van der Waals surface area contributed by atoms with Gasteiger partial charge in [-0.2, -0.15) is 26.3 Å². The zero-order chi connectivity index (χ0) is 24.2. The van der Waals surface area contributed by atoms with E-state index in [1.54, 1.807) is 0 Å². The van der Waals surface area contributed by atoms with Crippen molar-refractivity contribution < 1.29 is 34.8 Å². The van der Waals surface area contributed by atoms with E-state index in [0.29, 0.717) is 17.8 Å². The van der Waals surface area contributed by atoms with Gasteiger partial charge in [-0.3, -0.25) is 9.38 Å². The molecule has 33 heavy (non-hydrogen) atoms. The molecule has 0 bridgehead atoms. The number of fused-ring (bicyclic) bond motifs is 1. The number of aromatic nitrogens is 3. The lowest BCUT2D eigenvalue weighted by Gasteiger charge is -2.14. The monoisotopic (exact) mass is 485 g/mol. The van der Waals surface area contributed by atoms with Gasteiger partial charge >= 0.3 is 12.4 Å². The van der Waals surface area contributed by atoms with Crippen LogP contribution in [0, 0.1) is 0 Å². The zero-order valence-corrected chi connectivity index (χ0v) is 17.4. The number of sulfone groups is 1. The van der Waals surface area contributed by atoms with Crippen LogP contribution in [0.2, 0.25) is 0 Å². The van der Waals surface area contributed by atoms with Crippen LogP contribution in [0.3, 0.4) is 0 Å². The smallest absolute Gasteiger partial charge is 0.299 e. The molecule has 4 aromatic rings. The molecule has 0 aliphatic rings. The number of hydrogen-bond donors (Lipinski definition) is 0. The number of pyridine rings is 2. The van der Waals surface area contributed by atoms with Crippen molar-refractivity contribution in [3.63, 3.8) is 0 Å². The van der Waals surface area contributed by atoms with E-state index in [0.717, 1.165) is 22.9 Å². The molecule has 0 unspecified atom stereocenters. The van der Waals surface area contributed by atoms with Crippen molar-refractivity contribution in [3.8, 4) is 22.4 Å². The molecule has 12 heteroatoms. The molecule has 0 saturated heterocycles. The molecule has 0 N–H and O–H groups in total. The van der Waals surface area contributed by atoms with Crippen molar-refractivity contribution >= 4 is 15.5 Å². The van der Waals surface area contributed by atoms with E-state index in [4.69, 9.17) is 0 Å². The minimum Gasteiger partial charge on any atom is -0.299 e. The summed E-state index contributed by atoms with van der Waals surface area (Å²) in [6.07, 6.45) is -4.52. The molecular weight excluding hydrogens is 472 g/mol. The summed E-state index contributed by atoms with van der Waals surface area (Å²) in [5, 5.41) is 0. The molecule has 0 amide bonds. The molecule has 3 heterocycles. The van der Waals surface area contributed by atoms with Gasteiger partial charge in [-0.25, -0.2) is 13.4 Å². The first-order chi connectivity index (χ1) is 15.2. The van der Waals surface area contributed by atoms with Crippen LogP contribution in [-0.2, 0) is 22.2 Å². The van der Waals surface area contributed by atoms with Gasteiger partial charge in [-0.1, -0.05) is 12.1 Å².